The molecule has 0 saturated heterocycles. The number of hydrogen-bond acceptors (Lipinski definition) is 4. The Morgan fingerprint density at radius 1 is 1.31 bits per heavy atom. The zero-order valence-corrected chi connectivity index (χ0v) is 18.5. The molecule has 26 heavy (non-hydrogen) atoms. The van der Waals surface area contributed by atoms with Crippen LogP contribution in [0.3, 0.4) is 0 Å². The van der Waals surface area contributed by atoms with Crippen LogP contribution in [0.2, 0.25) is 0 Å². The molecule has 0 unspecified atom stereocenters. The third-order valence-electron chi connectivity index (χ3n) is 3.81. The van der Waals surface area contributed by atoms with Crippen molar-refractivity contribution in [3.8, 4) is 0 Å². The van der Waals surface area contributed by atoms with Gasteiger partial charge in [-0.1, -0.05) is 12.1 Å². The number of fused-ring (bicyclic) bond motifs is 1. The molecule has 140 valence electrons. The van der Waals surface area contributed by atoms with E-state index in [-0.39, 0.29) is 24.0 Å². The van der Waals surface area contributed by atoms with E-state index >= 15 is 0 Å². The largest absolute Gasteiger partial charge is 0.357 e. The van der Waals surface area contributed by atoms with E-state index in [0.717, 1.165) is 53.0 Å². The minimum atomic E-state index is 0. The summed E-state index contributed by atoms with van der Waals surface area (Å²) >= 11 is 1.68. The predicted molar refractivity (Wildman–Crippen MR) is 120 cm³/mol. The van der Waals surface area contributed by atoms with Gasteiger partial charge in [-0.25, -0.2) is 9.97 Å². The van der Waals surface area contributed by atoms with Crippen molar-refractivity contribution in [2.75, 3.05) is 20.1 Å². The third kappa shape index (κ3) is 5.41. The fraction of sp³-hybridized carbons (Fsp3) is 0.389. The zero-order chi connectivity index (χ0) is 17.6. The first-order chi connectivity index (χ1) is 12.2. The van der Waals surface area contributed by atoms with Crippen molar-refractivity contribution in [3.63, 3.8) is 0 Å². The number of nitrogens with one attached hydrogen (secondary N) is 2. The Bertz CT molecular complexity index is 823. The van der Waals surface area contributed by atoms with Crippen molar-refractivity contribution in [2.24, 2.45) is 4.99 Å². The van der Waals surface area contributed by atoms with Gasteiger partial charge >= 0.3 is 0 Å². The molecule has 2 N–H and O–H groups in total. The first kappa shape index (κ1) is 20.6. The summed E-state index contributed by atoms with van der Waals surface area (Å²) in [7, 11) is 2.04. The molecule has 3 rings (SSSR count). The van der Waals surface area contributed by atoms with Crippen LogP contribution >= 0.6 is 35.3 Å². The number of aryl methyl sites for hydroxylation is 1. The van der Waals surface area contributed by atoms with E-state index in [2.05, 4.69) is 37.5 Å². The van der Waals surface area contributed by atoms with Crippen molar-refractivity contribution in [1.29, 1.82) is 0 Å². The molecule has 1 aromatic carbocycles. The van der Waals surface area contributed by atoms with Gasteiger partial charge in [0.1, 0.15) is 5.82 Å². The summed E-state index contributed by atoms with van der Waals surface area (Å²) in [5.74, 6) is 1.86. The number of aliphatic imine (C=N–C) groups is 1. The fourth-order valence-electron chi connectivity index (χ4n) is 2.66. The van der Waals surface area contributed by atoms with E-state index in [0.29, 0.717) is 6.54 Å². The lowest BCUT2D eigenvalue weighted by Gasteiger charge is -2.21. The molecule has 0 spiro atoms. The molecular formula is C18H25IN6S. The highest BCUT2D eigenvalue weighted by Gasteiger charge is 2.09. The van der Waals surface area contributed by atoms with Crippen molar-refractivity contribution in [1.82, 2.24) is 25.2 Å². The lowest BCUT2D eigenvalue weighted by molar-refractivity contribution is 0.471. The number of rotatable bonds is 6. The van der Waals surface area contributed by atoms with E-state index in [1.807, 2.05) is 38.2 Å². The Hall–Kier alpha value is -1.68. The number of H-pyrrole nitrogens is 1. The van der Waals surface area contributed by atoms with Crippen LogP contribution in [0.1, 0.15) is 23.4 Å². The van der Waals surface area contributed by atoms with Gasteiger partial charge in [-0.3, -0.25) is 4.99 Å². The molecule has 0 bridgehead atoms. The van der Waals surface area contributed by atoms with Gasteiger partial charge < -0.3 is 15.2 Å². The Morgan fingerprint density at radius 2 is 2.12 bits per heavy atom. The van der Waals surface area contributed by atoms with Crippen LogP contribution in [0.5, 0.6) is 0 Å². The molecule has 0 saturated carbocycles. The molecule has 2 heterocycles. The molecule has 6 nitrogen and oxygen atoms in total. The lowest BCUT2D eigenvalue weighted by Crippen LogP contribution is -2.38. The maximum absolute atomic E-state index is 4.73. The molecule has 0 aliphatic heterocycles. The van der Waals surface area contributed by atoms with Gasteiger partial charge in [0.15, 0.2) is 5.96 Å². The summed E-state index contributed by atoms with van der Waals surface area (Å²) in [4.78, 5) is 19.3. The number of hydrogen-bond donors (Lipinski definition) is 2. The Labute approximate surface area is 175 Å². The summed E-state index contributed by atoms with van der Waals surface area (Å²) in [5.41, 5.74) is 3.15. The summed E-state index contributed by atoms with van der Waals surface area (Å²) in [6.07, 6.45) is 0.785. The van der Waals surface area contributed by atoms with Crippen LogP contribution in [0.25, 0.3) is 11.0 Å². The number of halogens is 1. The fourth-order valence-corrected chi connectivity index (χ4v) is 3.26. The second-order valence-electron chi connectivity index (χ2n) is 5.90. The highest BCUT2D eigenvalue weighted by molar-refractivity contribution is 14.0. The third-order valence-corrected chi connectivity index (χ3v) is 4.63. The summed E-state index contributed by atoms with van der Waals surface area (Å²) < 4.78 is 0. The van der Waals surface area contributed by atoms with Crippen LogP contribution in [0.4, 0.5) is 0 Å². The van der Waals surface area contributed by atoms with E-state index in [1.165, 1.54) is 0 Å². The van der Waals surface area contributed by atoms with Crippen molar-refractivity contribution in [3.05, 3.63) is 46.2 Å². The molecule has 0 aliphatic rings. The van der Waals surface area contributed by atoms with Crippen LogP contribution in [-0.2, 0) is 13.0 Å². The van der Waals surface area contributed by atoms with E-state index in [1.54, 1.807) is 11.3 Å². The van der Waals surface area contributed by atoms with E-state index in [9.17, 15) is 0 Å². The zero-order valence-electron chi connectivity index (χ0n) is 15.3. The number of guanidine groups is 1. The SMILES string of the molecule is CCNC(=NCCc1nc2ccccc2[nH]1)N(C)Cc1csc(C)n1.I. The number of aromatic amines is 1. The first-order valence-electron chi connectivity index (χ1n) is 8.49. The van der Waals surface area contributed by atoms with Crippen LogP contribution in [0, 0.1) is 6.92 Å². The molecule has 0 aliphatic carbocycles. The number of thiazole rings is 1. The quantitative estimate of drug-likeness (QED) is 0.319. The van der Waals surface area contributed by atoms with Crippen molar-refractivity contribution >= 4 is 52.3 Å². The van der Waals surface area contributed by atoms with Crippen LogP contribution < -0.4 is 5.32 Å². The minimum absolute atomic E-state index is 0. The minimum Gasteiger partial charge on any atom is -0.357 e. The average Bonchev–Trinajstić information content (AvgIpc) is 3.19. The van der Waals surface area contributed by atoms with Gasteiger partial charge in [0.2, 0.25) is 0 Å². The summed E-state index contributed by atoms with van der Waals surface area (Å²) in [6, 6.07) is 8.08. The predicted octanol–water partition coefficient (Wildman–Crippen LogP) is 3.59. The summed E-state index contributed by atoms with van der Waals surface area (Å²) in [5, 5.41) is 6.54. The topological polar surface area (TPSA) is 69.2 Å². The maximum Gasteiger partial charge on any atom is 0.194 e. The van der Waals surface area contributed by atoms with Gasteiger partial charge in [0.05, 0.1) is 28.3 Å². The Morgan fingerprint density at radius 3 is 2.81 bits per heavy atom. The van der Waals surface area contributed by atoms with Gasteiger partial charge in [0.25, 0.3) is 0 Å². The molecule has 8 heteroatoms. The second-order valence-corrected chi connectivity index (χ2v) is 6.96. The van der Waals surface area contributed by atoms with Crippen molar-refractivity contribution in [2.45, 2.75) is 26.8 Å². The molecule has 0 atom stereocenters. The Kier molecular flexibility index (Phi) is 7.83. The standard InChI is InChI=1S/C18H24N6S.HI/c1-4-19-18(24(3)11-14-12-25-13(2)21-14)20-10-9-17-22-15-7-5-6-8-16(15)23-17;/h5-8,12H,4,9-11H2,1-3H3,(H,19,20)(H,22,23);1H. The van der Waals surface area contributed by atoms with Gasteiger partial charge in [-0.05, 0) is 26.0 Å². The number of imidazole rings is 1. The average molecular weight is 484 g/mol. The molecule has 3 aromatic rings. The van der Waals surface area contributed by atoms with Crippen LogP contribution in [0.15, 0.2) is 34.6 Å². The lowest BCUT2D eigenvalue weighted by atomic mass is 10.3. The molecule has 0 radical (unpaired) electrons. The number of nitrogens with zero attached hydrogens (tertiary/aromatic N) is 4. The van der Waals surface area contributed by atoms with Gasteiger partial charge in [-0.2, -0.15) is 0 Å². The summed E-state index contributed by atoms with van der Waals surface area (Å²) in [6.45, 7) is 6.38. The number of para-hydroxylation sites is 2. The molecular weight excluding hydrogens is 459 g/mol. The number of aromatic nitrogens is 3. The number of benzene rings is 1. The molecule has 0 fully saturated rings. The van der Waals surface area contributed by atoms with Crippen molar-refractivity contribution < 1.29 is 0 Å². The highest BCUT2D eigenvalue weighted by Crippen LogP contribution is 2.11. The highest BCUT2D eigenvalue weighted by atomic mass is 127. The Balaban J connectivity index is 0.00000243. The second kappa shape index (κ2) is 9.86. The maximum atomic E-state index is 4.73. The monoisotopic (exact) mass is 484 g/mol. The smallest absolute Gasteiger partial charge is 0.194 e. The normalized spacial score (nSPS) is 11.4. The van der Waals surface area contributed by atoms with Gasteiger partial charge in [0, 0.05) is 31.9 Å². The van der Waals surface area contributed by atoms with Crippen LogP contribution in [-0.4, -0.2) is 45.9 Å². The van der Waals surface area contributed by atoms with E-state index in [4.69, 9.17) is 4.99 Å². The van der Waals surface area contributed by atoms with E-state index < -0.39 is 0 Å². The molecule has 0 amide bonds. The molecule has 2 aromatic heterocycles. The first-order valence-corrected chi connectivity index (χ1v) is 9.37. The van der Waals surface area contributed by atoms with Gasteiger partial charge in [-0.15, -0.1) is 35.3 Å².